The van der Waals surface area contributed by atoms with E-state index in [9.17, 15) is 33.4 Å². The molecule has 0 aliphatic carbocycles. The van der Waals surface area contributed by atoms with Crippen molar-refractivity contribution in [3.05, 3.63) is 86.8 Å². The molecule has 212 valence electrons. The fraction of sp³-hybridized carbons (Fsp3) is 0.321. The molecular formula is C28H28ClF2N3O6. The van der Waals surface area contributed by atoms with Crippen molar-refractivity contribution in [3.8, 4) is 5.75 Å². The molecule has 40 heavy (non-hydrogen) atoms. The highest BCUT2D eigenvalue weighted by atomic mass is 35.5. The van der Waals surface area contributed by atoms with Crippen LogP contribution in [0.25, 0.3) is 0 Å². The molecule has 2 N–H and O–H groups in total. The van der Waals surface area contributed by atoms with E-state index < -0.39 is 28.7 Å². The third-order valence-corrected chi connectivity index (χ3v) is 6.59. The molecule has 0 atom stereocenters. The number of carbonyl (C=O) groups excluding carboxylic acids is 2. The number of aromatic nitrogens is 1. The third-order valence-electron chi connectivity index (χ3n) is 6.24. The number of carbonyl (C=O) groups is 2. The van der Waals surface area contributed by atoms with E-state index in [1.165, 1.54) is 46.5 Å². The maximum absolute atomic E-state index is 13.9. The average molecular weight is 576 g/mol. The van der Waals surface area contributed by atoms with E-state index in [0.717, 1.165) is 12.1 Å². The lowest BCUT2D eigenvalue weighted by molar-refractivity contribution is -0.122. The molecule has 4 rings (SSSR count). The van der Waals surface area contributed by atoms with Gasteiger partial charge in [0.25, 0.3) is 5.56 Å². The lowest BCUT2D eigenvalue weighted by Gasteiger charge is -2.23. The molecule has 2 aromatic carbocycles. The van der Waals surface area contributed by atoms with Gasteiger partial charge in [0.2, 0.25) is 11.8 Å². The Hall–Kier alpha value is -3.80. The number of hydrogen-bond donors (Lipinski definition) is 2. The highest BCUT2D eigenvalue weighted by molar-refractivity contribution is 6.31. The Morgan fingerprint density at radius 1 is 1.05 bits per heavy atom. The fourth-order valence-electron chi connectivity index (χ4n) is 4.29. The second-order valence-electron chi connectivity index (χ2n) is 10.0. The molecule has 3 aromatic rings. The van der Waals surface area contributed by atoms with Gasteiger partial charge in [0.15, 0.2) is 0 Å². The number of anilines is 2. The van der Waals surface area contributed by atoms with Gasteiger partial charge in [-0.25, -0.2) is 8.78 Å². The summed E-state index contributed by atoms with van der Waals surface area (Å²) >= 11 is 6.24. The summed E-state index contributed by atoms with van der Waals surface area (Å²) in [4.78, 5) is 41.3. The predicted octanol–water partition coefficient (Wildman–Crippen LogP) is 3.59. The number of benzene rings is 2. The minimum Gasteiger partial charge on any atom is -0.487 e. The average Bonchev–Trinajstić information content (AvgIpc) is 3.26. The van der Waals surface area contributed by atoms with Gasteiger partial charge in [-0.05, 0) is 49.7 Å². The molecule has 9 nitrogen and oxygen atoms in total. The molecular weight excluding hydrogens is 548 g/mol. The van der Waals surface area contributed by atoms with E-state index >= 15 is 0 Å². The molecule has 1 aromatic heterocycles. The van der Waals surface area contributed by atoms with Gasteiger partial charge in [0.1, 0.15) is 35.7 Å². The Labute approximate surface area is 233 Å². The number of nitrogens with zero attached hydrogens (tertiary/aromatic N) is 3. The molecule has 1 aliphatic heterocycles. The van der Waals surface area contributed by atoms with E-state index in [1.54, 1.807) is 18.2 Å². The number of aliphatic hydroxyl groups excluding tert-OH is 1. The number of pyridine rings is 1. The maximum atomic E-state index is 13.9. The van der Waals surface area contributed by atoms with Gasteiger partial charge in [0, 0.05) is 17.8 Å². The van der Waals surface area contributed by atoms with Gasteiger partial charge in [-0.2, -0.15) is 0 Å². The van der Waals surface area contributed by atoms with Crippen LogP contribution in [0.1, 0.15) is 37.8 Å². The molecule has 0 saturated heterocycles. The van der Waals surface area contributed by atoms with Gasteiger partial charge in [0.05, 0.1) is 43.0 Å². The number of ether oxygens (including phenoxy) is 1. The normalized spacial score (nSPS) is 13.0. The molecule has 2 amide bonds. The van der Waals surface area contributed by atoms with Crippen molar-refractivity contribution < 1.29 is 33.3 Å². The first-order valence-corrected chi connectivity index (χ1v) is 12.8. The maximum Gasteiger partial charge on any atom is 0.273 e. The topological polar surface area (TPSA) is 112 Å². The van der Waals surface area contributed by atoms with Crippen molar-refractivity contribution in [2.45, 2.75) is 45.4 Å². The summed E-state index contributed by atoms with van der Waals surface area (Å²) in [6.45, 7) is 2.40. The molecule has 0 bridgehead atoms. The number of amides is 2. The first kappa shape index (κ1) is 29.2. The zero-order valence-electron chi connectivity index (χ0n) is 21.9. The van der Waals surface area contributed by atoms with Crippen molar-refractivity contribution >= 4 is 34.8 Å². The van der Waals surface area contributed by atoms with Crippen molar-refractivity contribution in [1.29, 1.82) is 0 Å². The number of fused-ring (bicyclic) bond motifs is 1. The van der Waals surface area contributed by atoms with Crippen LogP contribution < -0.4 is 20.1 Å². The first-order valence-electron chi connectivity index (χ1n) is 12.4. The molecule has 0 radical (unpaired) electrons. The SMILES string of the molecule is CC(C)(O)CC(=O)N1CN(C(=O)CCO)c2cc(Cn3ccc(OCc4ccc(F)cc4F)c(Cl)c3=O)ccc21. The van der Waals surface area contributed by atoms with Crippen LogP contribution in [0.15, 0.2) is 53.5 Å². The summed E-state index contributed by atoms with van der Waals surface area (Å²) in [5.74, 6) is -2.24. The Morgan fingerprint density at radius 3 is 2.45 bits per heavy atom. The fourth-order valence-corrected chi connectivity index (χ4v) is 4.51. The summed E-state index contributed by atoms with van der Waals surface area (Å²) in [5.41, 5.74) is -0.211. The summed E-state index contributed by atoms with van der Waals surface area (Å²) < 4.78 is 33.9. The number of aliphatic hydroxyl groups is 2. The second-order valence-corrected chi connectivity index (χ2v) is 10.4. The number of hydrogen-bond acceptors (Lipinski definition) is 6. The van der Waals surface area contributed by atoms with Crippen LogP contribution >= 0.6 is 11.6 Å². The highest BCUT2D eigenvalue weighted by Gasteiger charge is 2.35. The first-order chi connectivity index (χ1) is 18.9. The van der Waals surface area contributed by atoms with Crippen LogP contribution in [0.2, 0.25) is 5.02 Å². The van der Waals surface area contributed by atoms with E-state index in [1.807, 2.05) is 0 Å². The number of rotatable bonds is 9. The van der Waals surface area contributed by atoms with Gasteiger partial charge in [-0.15, -0.1) is 0 Å². The monoisotopic (exact) mass is 575 g/mol. The van der Waals surface area contributed by atoms with Crippen LogP contribution in [0.3, 0.4) is 0 Å². The Kier molecular flexibility index (Phi) is 8.57. The van der Waals surface area contributed by atoms with Gasteiger partial charge < -0.3 is 19.5 Å². The molecule has 0 fully saturated rings. The predicted molar refractivity (Wildman–Crippen MR) is 144 cm³/mol. The lowest BCUT2D eigenvalue weighted by atomic mass is 10.0. The van der Waals surface area contributed by atoms with Crippen molar-refractivity contribution in [2.75, 3.05) is 23.1 Å². The van der Waals surface area contributed by atoms with Crippen LogP contribution in [0.5, 0.6) is 5.75 Å². The molecule has 12 heteroatoms. The van der Waals surface area contributed by atoms with Gasteiger partial charge >= 0.3 is 0 Å². The van der Waals surface area contributed by atoms with Crippen LogP contribution in [0.4, 0.5) is 20.2 Å². The minimum absolute atomic E-state index is 0.0299. The highest BCUT2D eigenvalue weighted by Crippen LogP contribution is 2.38. The van der Waals surface area contributed by atoms with Crippen molar-refractivity contribution in [3.63, 3.8) is 0 Å². The van der Waals surface area contributed by atoms with Gasteiger partial charge in [-0.1, -0.05) is 17.7 Å². The minimum atomic E-state index is -1.25. The van der Waals surface area contributed by atoms with Crippen LogP contribution in [-0.2, 0) is 22.7 Å². The molecule has 2 heterocycles. The summed E-state index contributed by atoms with van der Waals surface area (Å²) in [6, 6.07) is 9.54. The molecule has 0 saturated carbocycles. The van der Waals surface area contributed by atoms with E-state index in [0.29, 0.717) is 16.9 Å². The zero-order valence-corrected chi connectivity index (χ0v) is 22.6. The smallest absolute Gasteiger partial charge is 0.273 e. The standard InChI is InChI=1S/C28H28ClF2N3O6/c1-28(2,39)13-25(37)33-16-34(24(36)8-10-35)22-11-17(3-6-21(22)33)14-32-9-7-23(26(29)27(32)38)40-15-18-4-5-19(30)12-20(18)31/h3-7,9,11-12,35,39H,8,10,13-16H2,1-2H3. The quantitative estimate of drug-likeness (QED) is 0.403. The summed E-state index contributed by atoms with van der Waals surface area (Å²) in [7, 11) is 0. The third kappa shape index (κ3) is 6.49. The van der Waals surface area contributed by atoms with E-state index in [2.05, 4.69) is 0 Å². The summed E-state index contributed by atoms with van der Waals surface area (Å²) in [5, 5.41) is 19.1. The van der Waals surface area contributed by atoms with Gasteiger partial charge in [-0.3, -0.25) is 24.2 Å². The van der Waals surface area contributed by atoms with E-state index in [4.69, 9.17) is 16.3 Å². The molecule has 1 aliphatic rings. The van der Waals surface area contributed by atoms with E-state index in [-0.39, 0.29) is 61.5 Å². The molecule has 0 spiro atoms. The van der Waals surface area contributed by atoms with Crippen LogP contribution in [0, 0.1) is 11.6 Å². The Balaban J connectivity index is 1.57. The summed E-state index contributed by atoms with van der Waals surface area (Å²) in [6.07, 6.45) is 1.15. The van der Waals surface area contributed by atoms with Crippen molar-refractivity contribution in [2.24, 2.45) is 0 Å². The Morgan fingerprint density at radius 2 is 1.77 bits per heavy atom. The zero-order chi connectivity index (χ0) is 29.2. The second kappa shape index (κ2) is 11.7. The molecule has 0 unspecified atom stereocenters. The lowest BCUT2D eigenvalue weighted by Crippen LogP contribution is -2.41. The van der Waals surface area contributed by atoms with Crippen molar-refractivity contribution in [1.82, 2.24) is 4.57 Å². The Bertz CT molecular complexity index is 1500. The largest absolute Gasteiger partial charge is 0.487 e. The number of halogens is 3. The van der Waals surface area contributed by atoms with Crippen LogP contribution in [-0.4, -0.2) is 45.5 Å².